The summed E-state index contributed by atoms with van der Waals surface area (Å²) in [7, 11) is 0. The lowest BCUT2D eigenvalue weighted by atomic mass is 10.2. The average Bonchev–Trinajstić information content (AvgIpc) is 2.54. The smallest absolute Gasteiger partial charge is 0.239 e. The lowest BCUT2D eigenvalue weighted by molar-refractivity contribution is -0.135. The molecule has 0 unspecified atom stereocenters. The summed E-state index contributed by atoms with van der Waals surface area (Å²) < 4.78 is 12.8. The Morgan fingerprint density at radius 2 is 1.91 bits per heavy atom. The van der Waals surface area contributed by atoms with Crippen molar-refractivity contribution in [2.24, 2.45) is 0 Å². The maximum atomic E-state index is 12.8. The second-order valence-electron chi connectivity index (χ2n) is 5.10. The monoisotopic (exact) mass is 315 g/mol. The van der Waals surface area contributed by atoms with Gasteiger partial charge in [-0.05, 0) is 29.8 Å². The van der Waals surface area contributed by atoms with Crippen LogP contribution in [0.15, 0.2) is 48.7 Å². The maximum Gasteiger partial charge on any atom is 0.239 e. The van der Waals surface area contributed by atoms with Crippen LogP contribution >= 0.6 is 0 Å². The molecule has 0 aliphatic carbocycles. The van der Waals surface area contributed by atoms with Crippen molar-refractivity contribution in [3.05, 3.63) is 65.7 Å². The zero-order valence-electron chi connectivity index (χ0n) is 12.8. The number of carbonyl (C=O) groups is 2. The number of hydrogen-bond acceptors (Lipinski definition) is 3. The molecule has 5 nitrogen and oxygen atoms in total. The van der Waals surface area contributed by atoms with E-state index in [0.29, 0.717) is 5.69 Å². The van der Waals surface area contributed by atoms with E-state index in [4.69, 9.17) is 0 Å². The fourth-order valence-corrected chi connectivity index (χ4v) is 2.00. The van der Waals surface area contributed by atoms with Crippen LogP contribution in [0.2, 0.25) is 0 Å². The highest BCUT2D eigenvalue weighted by atomic mass is 19.1. The Bertz CT molecular complexity index is 659. The van der Waals surface area contributed by atoms with Gasteiger partial charge in [0.25, 0.3) is 0 Å². The van der Waals surface area contributed by atoms with Gasteiger partial charge < -0.3 is 10.2 Å². The molecule has 2 amide bonds. The standard InChI is InChI=1S/C17H18FN3O2/c1-13(22)21(11-16-4-2-3-9-19-16)12-17(23)20-10-14-5-7-15(18)8-6-14/h2-9H,10-12H2,1H3,(H,20,23). The van der Waals surface area contributed by atoms with Gasteiger partial charge in [0.1, 0.15) is 5.82 Å². The van der Waals surface area contributed by atoms with E-state index < -0.39 is 0 Å². The third kappa shape index (κ3) is 5.50. The number of amides is 2. The van der Waals surface area contributed by atoms with E-state index in [2.05, 4.69) is 10.3 Å². The zero-order valence-corrected chi connectivity index (χ0v) is 12.8. The second kappa shape index (κ2) is 8.03. The van der Waals surface area contributed by atoms with E-state index in [1.807, 2.05) is 6.07 Å². The minimum Gasteiger partial charge on any atom is -0.350 e. The van der Waals surface area contributed by atoms with Crippen molar-refractivity contribution in [3.63, 3.8) is 0 Å². The molecule has 0 saturated heterocycles. The van der Waals surface area contributed by atoms with Crippen molar-refractivity contribution >= 4 is 11.8 Å². The number of nitrogens with one attached hydrogen (secondary N) is 1. The SMILES string of the molecule is CC(=O)N(CC(=O)NCc1ccc(F)cc1)Cc1ccccn1. The molecular weight excluding hydrogens is 297 g/mol. The Morgan fingerprint density at radius 1 is 1.17 bits per heavy atom. The highest BCUT2D eigenvalue weighted by molar-refractivity contribution is 5.83. The number of aromatic nitrogens is 1. The fraction of sp³-hybridized carbons (Fsp3) is 0.235. The number of benzene rings is 1. The summed E-state index contributed by atoms with van der Waals surface area (Å²) in [5, 5.41) is 2.71. The predicted molar refractivity (Wildman–Crippen MR) is 83.6 cm³/mol. The van der Waals surface area contributed by atoms with E-state index in [1.165, 1.54) is 24.0 Å². The first-order valence-corrected chi connectivity index (χ1v) is 7.21. The zero-order chi connectivity index (χ0) is 16.7. The number of pyridine rings is 1. The van der Waals surface area contributed by atoms with E-state index >= 15 is 0 Å². The number of rotatable bonds is 6. The third-order valence-corrected chi connectivity index (χ3v) is 3.26. The first kappa shape index (κ1) is 16.6. The molecule has 0 aliphatic heterocycles. The molecule has 2 aromatic rings. The Hall–Kier alpha value is -2.76. The molecule has 120 valence electrons. The molecule has 0 aliphatic rings. The molecule has 0 spiro atoms. The third-order valence-electron chi connectivity index (χ3n) is 3.26. The minimum absolute atomic E-state index is 0.0485. The number of nitrogens with zero attached hydrogens (tertiary/aromatic N) is 2. The molecule has 0 saturated carbocycles. The van der Waals surface area contributed by atoms with Crippen molar-refractivity contribution in [2.75, 3.05) is 6.54 Å². The molecule has 2 rings (SSSR count). The second-order valence-corrected chi connectivity index (χ2v) is 5.10. The van der Waals surface area contributed by atoms with Crippen LogP contribution in [-0.4, -0.2) is 28.2 Å². The molecule has 0 bridgehead atoms. The van der Waals surface area contributed by atoms with Gasteiger partial charge in [-0.25, -0.2) is 4.39 Å². The lowest BCUT2D eigenvalue weighted by Gasteiger charge is -2.20. The summed E-state index contributed by atoms with van der Waals surface area (Å²) in [4.78, 5) is 29.2. The fourth-order valence-electron chi connectivity index (χ4n) is 2.00. The Balaban J connectivity index is 1.88. The van der Waals surface area contributed by atoms with Crippen LogP contribution in [-0.2, 0) is 22.7 Å². The number of halogens is 1. The van der Waals surface area contributed by atoms with Crippen LogP contribution in [0.25, 0.3) is 0 Å². The molecule has 1 aromatic heterocycles. The number of carbonyl (C=O) groups excluding carboxylic acids is 2. The predicted octanol–water partition coefficient (Wildman–Crippen LogP) is 1.89. The summed E-state index contributed by atoms with van der Waals surface area (Å²) in [5.41, 5.74) is 1.51. The summed E-state index contributed by atoms with van der Waals surface area (Å²) >= 11 is 0. The normalized spacial score (nSPS) is 10.2. The van der Waals surface area contributed by atoms with Crippen molar-refractivity contribution in [3.8, 4) is 0 Å². The summed E-state index contributed by atoms with van der Waals surface area (Å²) in [5.74, 6) is -0.800. The van der Waals surface area contributed by atoms with Crippen molar-refractivity contribution in [1.82, 2.24) is 15.2 Å². The van der Waals surface area contributed by atoms with Crippen LogP contribution in [0.4, 0.5) is 4.39 Å². The van der Waals surface area contributed by atoms with E-state index in [9.17, 15) is 14.0 Å². The molecule has 0 atom stereocenters. The topological polar surface area (TPSA) is 62.3 Å². The average molecular weight is 315 g/mol. The van der Waals surface area contributed by atoms with E-state index in [0.717, 1.165) is 5.56 Å². The van der Waals surface area contributed by atoms with Crippen LogP contribution < -0.4 is 5.32 Å². The largest absolute Gasteiger partial charge is 0.350 e. The van der Waals surface area contributed by atoms with Crippen molar-refractivity contribution < 1.29 is 14.0 Å². The van der Waals surface area contributed by atoms with Gasteiger partial charge in [-0.3, -0.25) is 14.6 Å². The highest BCUT2D eigenvalue weighted by Gasteiger charge is 2.14. The van der Waals surface area contributed by atoms with Crippen LogP contribution in [0.1, 0.15) is 18.2 Å². The van der Waals surface area contributed by atoms with Gasteiger partial charge in [-0.2, -0.15) is 0 Å². The molecular formula is C17H18FN3O2. The summed E-state index contributed by atoms with van der Waals surface area (Å²) in [6, 6.07) is 11.3. The van der Waals surface area contributed by atoms with Gasteiger partial charge >= 0.3 is 0 Å². The van der Waals surface area contributed by atoms with E-state index in [-0.39, 0.29) is 37.3 Å². The minimum atomic E-state index is -0.321. The van der Waals surface area contributed by atoms with E-state index in [1.54, 1.807) is 30.5 Å². The maximum absolute atomic E-state index is 12.8. The Kier molecular flexibility index (Phi) is 5.80. The van der Waals surface area contributed by atoms with Crippen LogP contribution in [0.3, 0.4) is 0 Å². The molecule has 0 radical (unpaired) electrons. The quantitative estimate of drug-likeness (QED) is 0.885. The number of hydrogen-bond donors (Lipinski definition) is 1. The van der Waals surface area contributed by atoms with Crippen molar-refractivity contribution in [1.29, 1.82) is 0 Å². The van der Waals surface area contributed by atoms with Gasteiger partial charge in [0.2, 0.25) is 11.8 Å². The molecule has 6 heteroatoms. The highest BCUT2D eigenvalue weighted by Crippen LogP contribution is 2.03. The molecule has 1 N–H and O–H groups in total. The lowest BCUT2D eigenvalue weighted by Crippen LogP contribution is -2.39. The summed E-state index contributed by atoms with van der Waals surface area (Å²) in [6.45, 7) is 1.93. The summed E-state index contributed by atoms with van der Waals surface area (Å²) in [6.07, 6.45) is 1.64. The van der Waals surface area contributed by atoms with Gasteiger partial charge in [-0.1, -0.05) is 18.2 Å². The van der Waals surface area contributed by atoms with Gasteiger partial charge in [0, 0.05) is 19.7 Å². The molecule has 23 heavy (non-hydrogen) atoms. The van der Waals surface area contributed by atoms with Gasteiger partial charge in [0.15, 0.2) is 0 Å². The van der Waals surface area contributed by atoms with Gasteiger partial charge in [0.05, 0.1) is 18.8 Å². The Labute approximate surface area is 134 Å². The first-order chi connectivity index (χ1) is 11.0. The Morgan fingerprint density at radius 3 is 2.52 bits per heavy atom. The van der Waals surface area contributed by atoms with Crippen LogP contribution in [0.5, 0.6) is 0 Å². The van der Waals surface area contributed by atoms with Crippen molar-refractivity contribution in [2.45, 2.75) is 20.0 Å². The molecule has 1 aromatic carbocycles. The van der Waals surface area contributed by atoms with Gasteiger partial charge in [-0.15, -0.1) is 0 Å². The molecule has 0 fully saturated rings. The van der Waals surface area contributed by atoms with Crippen LogP contribution in [0, 0.1) is 5.82 Å². The molecule has 1 heterocycles. The first-order valence-electron chi connectivity index (χ1n) is 7.21.